The number of rotatable bonds is 0. The zero-order chi connectivity index (χ0) is 8.43. The van der Waals surface area contributed by atoms with Crippen LogP contribution in [-0.2, 0) is 0 Å². The minimum Gasteiger partial charge on any atom is -0.393 e. The van der Waals surface area contributed by atoms with Gasteiger partial charge in [0.1, 0.15) is 17.6 Å². The minimum atomic E-state index is 0.134. The van der Waals surface area contributed by atoms with Crippen molar-refractivity contribution in [3.05, 3.63) is 11.5 Å². The summed E-state index contributed by atoms with van der Waals surface area (Å²) in [6, 6.07) is 1.82. The molecule has 0 aliphatic rings. The summed E-state index contributed by atoms with van der Waals surface area (Å²) < 4.78 is 0. The maximum atomic E-state index is 8.49. The first-order valence-electron chi connectivity index (χ1n) is 2.95. The lowest BCUT2D eigenvalue weighted by molar-refractivity contribution is 1.05. The van der Waals surface area contributed by atoms with Crippen molar-refractivity contribution in [2.75, 3.05) is 11.5 Å². The highest BCUT2D eigenvalue weighted by Crippen LogP contribution is 2.13. The second kappa shape index (κ2) is 2.42. The molecule has 0 saturated heterocycles. The fourth-order valence-corrected chi connectivity index (χ4v) is 0.688. The van der Waals surface area contributed by atoms with E-state index in [1.165, 1.54) is 0 Å². The maximum Gasteiger partial charge on any atom is 0.169 e. The standard InChI is InChI=1S/C6H7N5/c1-3-10-4(2-7)5(8)6(9)11-3/h8H2,1H3,(H2,9,10,11). The molecule has 0 radical (unpaired) electrons. The summed E-state index contributed by atoms with van der Waals surface area (Å²) in [4.78, 5) is 7.55. The lowest BCUT2D eigenvalue weighted by atomic mass is 10.3. The van der Waals surface area contributed by atoms with Crippen molar-refractivity contribution >= 4 is 11.5 Å². The highest BCUT2D eigenvalue weighted by Gasteiger charge is 2.05. The van der Waals surface area contributed by atoms with Crippen LogP contribution < -0.4 is 11.5 Å². The predicted octanol–water partition coefficient (Wildman–Crippen LogP) is -0.179. The third-order valence-corrected chi connectivity index (χ3v) is 1.19. The molecule has 1 aromatic heterocycles. The Morgan fingerprint density at radius 3 is 2.55 bits per heavy atom. The van der Waals surface area contributed by atoms with E-state index in [0.29, 0.717) is 5.82 Å². The molecular formula is C6H7N5. The number of anilines is 2. The molecule has 4 N–H and O–H groups in total. The van der Waals surface area contributed by atoms with Crippen molar-refractivity contribution < 1.29 is 0 Å². The highest BCUT2D eigenvalue weighted by atomic mass is 15.0. The average Bonchev–Trinajstić information content (AvgIpc) is 1.96. The van der Waals surface area contributed by atoms with Crippen LogP contribution in [0.3, 0.4) is 0 Å². The van der Waals surface area contributed by atoms with Crippen molar-refractivity contribution in [2.24, 2.45) is 0 Å². The maximum absolute atomic E-state index is 8.49. The van der Waals surface area contributed by atoms with E-state index in [2.05, 4.69) is 9.97 Å². The zero-order valence-electron chi connectivity index (χ0n) is 6.00. The van der Waals surface area contributed by atoms with Gasteiger partial charge in [-0.3, -0.25) is 0 Å². The number of aryl methyl sites for hydroxylation is 1. The molecule has 0 aliphatic heterocycles. The molecular weight excluding hydrogens is 142 g/mol. The van der Waals surface area contributed by atoms with Crippen molar-refractivity contribution in [1.82, 2.24) is 9.97 Å². The van der Waals surface area contributed by atoms with Gasteiger partial charge in [-0.15, -0.1) is 0 Å². The molecule has 5 heteroatoms. The number of aromatic nitrogens is 2. The number of nitrogens with two attached hydrogens (primary N) is 2. The van der Waals surface area contributed by atoms with Crippen LogP contribution in [0.4, 0.5) is 11.5 Å². The molecule has 0 spiro atoms. The Morgan fingerprint density at radius 2 is 2.00 bits per heavy atom. The highest BCUT2D eigenvalue weighted by molar-refractivity contribution is 5.64. The number of hydrogen-bond donors (Lipinski definition) is 2. The predicted molar refractivity (Wildman–Crippen MR) is 40.3 cm³/mol. The first-order chi connectivity index (χ1) is 5.15. The largest absolute Gasteiger partial charge is 0.393 e. The van der Waals surface area contributed by atoms with Gasteiger partial charge in [-0.05, 0) is 6.92 Å². The lowest BCUT2D eigenvalue weighted by Crippen LogP contribution is -2.04. The smallest absolute Gasteiger partial charge is 0.169 e. The van der Waals surface area contributed by atoms with Gasteiger partial charge in [0.15, 0.2) is 11.5 Å². The van der Waals surface area contributed by atoms with E-state index in [1.807, 2.05) is 6.07 Å². The summed E-state index contributed by atoms with van der Waals surface area (Å²) in [5, 5.41) is 8.49. The first kappa shape index (κ1) is 7.28. The van der Waals surface area contributed by atoms with Gasteiger partial charge in [-0.25, -0.2) is 9.97 Å². The van der Waals surface area contributed by atoms with Gasteiger partial charge in [0.2, 0.25) is 0 Å². The van der Waals surface area contributed by atoms with Crippen molar-refractivity contribution in [3.63, 3.8) is 0 Å². The number of nitrogens with zero attached hydrogens (tertiary/aromatic N) is 3. The van der Waals surface area contributed by atoms with Gasteiger partial charge in [-0.1, -0.05) is 0 Å². The van der Waals surface area contributed by atoms with Crippen LogP contribution in [0, 0.1) is 18.3 Å². The van der Waals surface area contributed by atoms with E-state index in [9.17, 15) is 0 Å². The molecule has 0 atom stereocenters. The van der Waals surface area contributed by atoms with E-state index in [1.54, 1.807) is 6.92 Å². The topological polar surface area (TPSA) is 102 Å². The molecule has 56 valence electrons. The normalized spacial score (nSPS) is 9.09. The quantitative estimate of drug-likeness (QED) is 0.532. The Bertz CT molecular complexity index is 324. The van der Waals surface area contributed by atoms with E-state index >= 15 is 0 Å². The molecule has 5 nitrogen and oxygen atoms in total. The third kappa shape index (κ3) is 1.19. The second-order valence-corrected chi connectivity index (χ2v) is 2.03. The molecule has 1 aromatic rings. The molecule has 0 aromatic carbocycles. The van der Waals surface area contributed by atoms with Crippen LogP contribution in [0.1, 0.15) is 11.5 Å². The van der Waals surface area contributed by atoms with Crippen LogP contribution in [0.5, 0.6) is 0 Å². The summed E-state index contributed by atoms with van der Waals surface area (Å²) in [6.07, 6.45) is 0. The zero-order valence-corrected chi connectivity index (χ0v) is 6.00. The number of nitrogen functional groups attached to an aromatic ring is 2. The molecule has 0 aliphatic carbocycles. The molecule has 0 bridgehead atoms. The molecule has 11 heavy (non-hydrogen) atoms. The molecule has 0 saturated carbocycles. The van der Waals surface area contributed by atoms with Crippen LogP contribution in [0.2, 0.25) is 0 Å². The molecule has 0 amide bonds. The summed E-state index contributed by atoms with van der Waals surface area (Å²) >= 11 is 0. The van der Waals surface area contributed by atoms with Crippen LogP contribution in [-0.4, -0.2) is 9.97 Å². The number of nitriles is 1. The fourth-order valence-electron chi connectivity index (χ4n) is 0.688. The van der Waals surface area contributed by atoms with Gasteiger partial charge in [0.05, 0.1) is 0 Å². The van der Waals surface area contributed by atoms with Crippen LogP contribution >= 0.6 is 0 Å². The molecule has 1 heterocycles. The Kier molecular flexibility index (Phi) is 1.60. The molecule has 0 unspecified atom stereocenters. The Morgan fingerprint density at radius 1 is 1.36 bits per heavy atom. The Hall–Kier alpha value is -1.83. The van der Waals surface area contributed by atoms with Gasteiger partial charge in [0.25, 0.3) is 0 Å². The van der Waals surface area contributed by atoms with Crippen molar-refractivity contribution in [3.8, 4) is 6.07 Å². The lowest BCUT2D eigenvalue weighted by Gasteiger charge is -2.00. The van der Waals surface area contributed by atoms with Crippen molar-refractivity contribution in [1.29, 1.82) is 5.26 Å². The van der Waals surface area contributed by atoms with E-state index in [-0.39, 0.29) is 17.2 Å². The molecule has 0 fully saturated rings. The summed E-state index contributed by atoms with van der Waals surface area (Å²) in [6.45, 7) is 1.65. The second-order valence-electron chi connectivity index (χ2n) is 2.03. The third-order valence-electron chi connectivity index (χ3n) is 1.19. The van der Waals surface area contributed by atoms with E-state index in [4.69, 9.17) is 16.7 Å². The van der Waals surface area contributed by atoms with E-state index in [0.717, 1.165) is 0 Å². The average molecular weight is 149 g/mol. The van der Waals surface area contributed by atoms with E-state index < -0.39 is 0 Å². The fraction of sp³-hybridized carbons (Fsp3) is 0.167. The number of hydrogen-bond acceptors (Lipinski definition) is 5. The van der Waals surface area contributed by atoms with Gasteiger partial charge < -0.3 is 11.5 Å². The SMILES string of the molecule is Cc1nc(N)c(N)c(C#N)n1. The first-order valence-corrected chi connectivity index (χ1v) is 2.95. The Balaban J connectivity index is 3.39. The van der Waals surface area contributed by atoms with Crippen molar-refractivity contribution in [2.45, 2.75) is 6.92 Å². The minimum absolute atomic E-state index is 0.134. The van der Waals surface area contributed by atoms with Crippen LogP contribution in [0.25, 0.3) is 0 Å². The van der Waals surface area contributed by atoms with Crippen LogP contribution in [0.15, 0.2) is 0 Å². The Labute approximate surface area is 63.7 Å². The van der Waals surface area contributed by atoms with Gasteiger partial charge in [0, 0.05) is 0 Å². The summed E-state index contributed by atoms with van der Waals surface area (Å²) in [7, 11) is 0. The van der Waals surface area contributed by atoms with Gasteiger partial charge >= 0.3 is 0 Å². The summed E-state index contributed by atoms with van der Waals surface area (Å²) in [5.41, 5.74) is 11.0. The monoisotopic (exact) mass is 149 g/mol. The molecule has 1 rings (SSSR count). The van der Waals surface area contributed by atoms with Gasteiger partial charge in [-0.2, -0.15) is 5.26 Å². The summed E-state index contributed by atoms with van der Waals surface area (Å²) in [5.74, 6) is 0.613.